The van der Waals surface area contributed by atoms with Crippen LogP contribution in [0.4, 0.5) is 5.69 Å². The molecule has 0 fully saturated rings. The molecule has 4 rings (SSSR count). The average Bonchev–Trinajstić information content (AvgIpc) is 3.19. The van der Waals surface area contributed by atoms with Gasteiger partial charge in [-0.25, -0.2) is 15.0 Å². The van der Waals surface area contributed by atoms with E-state index in [1.807, 2.05) is 44.2 Å². The normalized spacial score (nSPS) is 12.0. The van der Waals surface area contributed by atoms with E-state index in [1.165, 1.54) is 0 Å². The number of ether oxygens (including phenoxy) is 2. The number of methoxy groups -OCH3 is 1. The van der Waals surface area contributed by atoms with Crippen molar-refractivity contribution in [3.05, 3.63) is 54.0 Å². The Hall–Kier alpha value is -3.68. The molecule has 33 heavy (non-hydrogen) atoms. The summed E-state index contributed by atoms with van der Waals surface area (Å²) in [5.41, 5.74) is 6.26. The monoisotopic (exact) mass is 446 g/mol. The van der Waals surface area contributed by atoms with Crippen molar-refractivity contribution in [3.63, 3.8) is 0 Å². The fraction of sp³-hybridized carbons (Fsp3) is 0.360. The van der Waals surface area contributed by atoms with Gasteiger partial charge in [-0.2, -0.15) is 5.10 Å². The SMILES string of the molecule is CCOc1ncccc1-c1cc(NCc2cccnc2OC)c2c(n1)c(C)nn2[C@H](C)CC. The number of hydrogen-bond donors (Lipinski definition) is 1. The number of pyridine rings is 3. The van der Waals surface area contributed by atoms with E-state index in [1.54, 1.807) is 19.5 Å². The third-order valence-corrected chi connectivity index (χ3v) is 5.67. The predicted molar refractivity (Wildman–Crippen MR) is 130 cm³/mol. The van der Waals surface area contributed by atoms with Gasteiger partial charge < -0.3 is 14.8 Å². The molecular formula is C25H30N6O2. The van der Waals surface area contributed by atoms with Crippen molar-refractivity contribution in [1.82, 2.24) is 24.7 Å². The van der Waals surface area contributed by atoms with Crippen molar-refractivity contribution in [3.8, 4) is 23.0 Å². The molecule has 0 saturated heterocycles. The molecule has 0 spiro atoms. The zero-order valence-corrected chi connectivity index (χ0v) is 19.8. The van der Waals surface area contributed by atoms with Crippen LogP contribution in [0.2, 0.25) is 0 Å². The molecule has 1 atom stereocenters. The molecule has 4 aromatic rings. The van der Waals surface area contributed by atoms with Crippen LogP contribution < -0.4 is 14.8 Å². The lowest BCUT2D eigenvalue weighted by atomic mass is 10.1. The van der Waals surface area contributed by atoms with Crippen molar-refractivity contribution in [2.24, 2.45) is 0 Å². The van der Waals surface area contributed by atoms with Crippen LogP contribution in [0.1, 0.15) is 44.5 Å². The summed E-state index contributed by atoms with van der Waals surface area (Å²) in [6.45, 7) is 9.35. The molecule has 0 radical (unpaired) electrons. The molecule has 0 bridgehead atoms. The Labute approximate surface area is 194 Å². The highest BCUT2D eigenvalue weighted by Crippen LogP contribution is 2.35. The van der Waals surface area contributed by atoms with E-state index in [9.17, 15) is 0 Å². The molecule has 172 valence electrons. The van der Waals surface area contributed by atoms with E-state index >= 15 is 0 Å². The van der Waals surface area contributed by atoms with Gasteiger partial charge in [-0.1, -0.05) is 13.0 Å². The summed E-state index contributed by atoms with van der Waals surface area (Å²) in [6.07, 6.45) is 4.42. The van der Waals surface area contributed by atoms with Gasteiger partial charge in [0.15, 0.2) is 0 Å². The van der Waals surface area contributed by atoms with Gasteiger partial charge in [0.1, 0.15) is 11.0 Å². The molecule has 1 N–H and O–H groups in total. The highest BCUT2D eigenvalue weighted by Gasteiger charge is 2.20. The highest BCUT2D eigenvalue weighted by molar-refractivity contribution is 5.93. The molecule has 0 aliphatic carbocycles. The summed E-state index contributed by atoms with van der Waals surface area (Å²) in [4.78, 5) is 13.7. The first-order chi connectivity index (χ1) is 16.1. The van der Waals surface area contributed by atoms with E-state index in [2.05, 4.69) is 33.8 Å². The van der Waals surface area contributed by atoms with Gasteiger partial charge >= 0.3 is 0 Å². The second-order valence-corrected chi connectivity index (χ2v) is 7.85. The third-order valence-electron chi connectivity index (χ3n) is 5.67. The van der Waals surface area contributed by atoms with Crippen molar-refractivity contribution in [1.29, 1.82) is 0 Å². The first-order valence-corrected chi connectivity index (χ1v) is 11.3. The van der Waals surface area contributed by atoms with Crippen LogP contribution in [0.3, 0.4) is 0 Å². The molecule has 0 unspecified atom stereocenters. The van der Waals surface area contributed by atoms with Crippen molar-refractivity contribution >= 4 is 16.7 Å². The van der Waals surface area contributed by atoms with Gasteiger partial charge in [-0.15, -0.1) is 0 Å². The van der Waals surface area contributed by atoms with Gasteiger partial charge in [0.05, 0.1) is 36.4 Å². The molecule has 8 heteroatoms. The maximum atomic E-state index is 5.78. The Morgan fingerprint density at radius 1 is 1.09 bits per heavy atom. The second-order valence-electron chi connectivity index (χ2n) is 7.85. The second kappa shape index (κ2) is 9.85. The van der Waals surface area contributed by atoms with Gasteiger partial charge in [-0.3, -0.25) is 4.68 Å². The first-order valence-electron chi connectivity index (χ1n) is 11.3. The van der Waals surface area contributed by atoms with E-state index < -0.39 is 0 Å². The molecule has 4 heterocycles. The minimum Gasteiger partial charge on any atom is -0.481 e. The maximum absolute atomic E-state index is 5.78. The minimum atomic E-state index is 0.236. The van der Waals surface area contributed by atoms with Crippen LogP contribution in [0.25, 0.3) is 22.3 Å². The molecule has 0 aromatic carbocycles. The van der Waals surface area contributed by atoms with Gasteiger partial charge in [-0.05, 0) is 51.5 Å². The standard InChI is InChI=1S/C25H30N6O2/c1-6-16(3)31-23-21(28-15-18-10-8-12-26-24(18)32-5)14-20(29-22(23)17(4)30-31)19-11-9-13-27-25(19)33-7-2/h8-14,16H,6-7,15H2,1-5H3,(H,28,29)/t16-/m1/s1. The van der Waals surface area contributed by atoms with Gasteiger partial charge in [0.25, 0.3) is 0 Å². The number of hydrogen-bond acceptors (Lipinski definition) is 7. The summed E-state index contributed by atoms with van der Waals surface area (Å²) in [7, 11) is 1.63. The van der Waals surface area contributed by atoms with Gasteiger partial charge in [0.2, 0.25) is 11.8 Å². The van der Waals surface area contributed by atoms with Crippen LogP contribution in [0, 0.1) is 6.92 Å². The van der Waals surface area contributed by atoms with E-state index in [0.717, 1.165) is 45.7 Å². The van der Waals surface area contributed by atoms with Gasteiger partial charge in [0, 0.05) is 30.5 Å². The molecule has 0 amide bonds. The summed E-state index contributed by atoms with van der Waals surface area (Å²) in [5, 5.41) is 8.42. The largest absolute Gasteiger partial charge is 0.481 e. The Morgan fingerprint density at radius 3 is 2.58 bits per heavy atom. The van der Waals surface area contributed by atoms with Crippen molar-refractivity contribution in [2.75, 3.05) is 19.0 Å². The fourth-order valence-corrected chi connectivity index (χ4v) is 3.82. The van der Waals surface area contributed by atoms with E-state index in [4.69, 9.17) is 19.6 Å². The van der Waals surface area contributed by atoms with Crippen LogP contribution >= 0.6 is 0 Å². The number of nitrogens with zero attached hydrogens (tertiary/aromatic N) is 5. The Kier molecular flexibility index (Phi) is 6.72. The zero-order valence-electron chi connectivity index (χ0n) is 19.8. The number of rotatable bonds is 9. The Bertz CT molecular complexity index is 1250. The maximum Gasteiger partial charge on any atom is 0.222 e. The predicted octanol–water partition coefficient (Wildman–Crippen LogP) is 5.19. The fourth-order valence-electron chi connectivity index (χ4n) is 3.82. The summed E-state index contributed by atoms with van der Waals surface area (Å²) in [5.74, 6) is 1.17. The first kappa shape index (κ1) is 22.5. The van der Waals surface area contributed by atoms with Crippen LogP contribution in [0.5, 0.6) is 11.8 Å². The Balaban J connectivity index is 1.87. The smallest absolute Gasteiger partial charge is 0.222 e. The topological polar surface area (TPSA) is 87.0 Å². The van der Waals surface area contributed by atoms with E-state index in [0.29, 0.717) is 24.9 Å². The van der Waals surface area contributed by atoms with Crippen LogP contribution in [-0.4, -0.2) is 38.4 Å². The summed E-state index contributed by atoms with van der Waals surface area (Å²) in [6, 6.07) is 10.1. The van der Waals surface area contributed by atoms with Crippen molar-refractivity contribution < 1.29 is 9.47 Å². The molecule has 0 aliphatic rings. The molecule has 0 aliphatic heterocycles. The average molecular weight is 447 g/mol. The number of anilines is 1. The zero-order chi connectivity index (χ0) is 23.4. The van der Waals surface area contributed by atoms with Crippen LogP contribution in [-0.2, 0) is 6.54 Å². The molecule has 0 saturated carbocycles. The molecular weight excluding hydrogens is 416 g/mol. The Morgan fingerprint density at radius 2 is 1.85 bits per heavy atom. The number of aryl methyl sites for hydroxylation is 1. The van der Waals surface area contributed by atoms with Crippen molar-refractivity contribution in [2.45, 2.75) is 46.7 Å². The third kappa shape index (κ3) is 4.46. The quantitative estimate of drug-likeness (QED) is 0.379. The molecule has 4 aromatic heterocycles. The number of fused-ring (bicyclic) bond motifs is 1. The summed E-state index contributed by atoms with van der Waals surface area (Å²) >= 11 is 0. The molecule has 8 nitrogen and oxygen atoms in total. The number of nitrogens with one attached hydrogen (secondary N) is 1. The minimum absolute atomic E-state index is 0.236. The lowest BCUT2D eigenvalue weighted by Gasteiger charge is -2.16. The lowest BCUT2D eigenvalue weighted by Crippen LogP contribution is -2.09. The van der Waals surface area contributed by atoms with Crippen LogP contribution in [0.15, 0.2) is 42.7 Å². The lowest BCUT2D eigenvalue weighted by molar-refractivity contribution is 0.328. The summed E-state index contributed by atoms with van der Waals surface area (Å²) < 4.78 is 13.3. The van der Waals surface area contributed by atoms with E-state index in [-0.39, 0.29) is 6.04 Å². The number of aromatic nitrogens is 5. The highest BCUT2D eigenvalue weighted by atomic mass is 16.5.